The van der Waals surface area contributed by atoms with Gasteiger partial charge in [-0.25, -0.2) is 17.5 Å². The maximum atomic E-state index is 13.6. The molecule has 2 aromatic heterocycles. The Morgan fingerprint density at radius 2 is 1.94 bits per heavy atom. The van der Waals surface area contributed by atoms with Crippen LogP contribution in [0.15, 0.2) is 59.5 Å². The van der Waals surface area contributed by atoms with Gasteiger partial charge in [-0.15, -0.1) is 15.3 Å². The first-order valence-corrected chi connectivity index (χ1v) is 11.1. The number of sulfonamides is 1. The summed E-state index contributed by atoms with van der Waals surface area (Å²) in [5.74, 6) is 0.456. The molecule has 2 aromatic carbocycles. The van der Waals surface area contributed by atoms with Gasteiger partial charge in [-0.1, -0.05) is 18.2 Å². The molecule has 0 saturated heterocycles. The summed E-state index contributed by atoms with van der Waals surface area (Å²) in [5.41, 5.74) is 1.77. The van der Waals surface area contributed by atoms with Gasteiger partial charge in [0, 0.05) is 18.2 Å². The van der Waals surface area contributed by atoms with Crippen LogP contribution >= 0.6 is 0 Å². The lowest BCUT2D eigenvalue weighted by molar-refractivity contribution is 0.305. The van der Waals surface area contributed by atoms with Crippen LogP contribution in [-0.2, 0) is 10.0 Å². The van der Waals surface area contributed by atoms with Crippen molar-refractivity contribution >= 4 is 15.7 Å². The van der Waals surface area contributed by atoms with E-state index in [1.165, 1.54) is 29.8 Å². The van der Waals surface area contributed by atoms with Gasteiger partial charge >= 0.3 is 0 Å². The normalized spacial score (nSPS) is 11.6. The highest BCUT2D eigenvalue weighted by Crippen LogP contribution is 2.24. The van der Waals surface area contributed by atoms with E-state index in [-0.39, 0.29) is 29.7 Å². The highest BCUT2D eigenvalue weighted by molar-refractivity contribution is 7.89. The van der Waals surface area contributed by atoms with E-state index in [4.69, 9.17) is 9.47 Å². The molecule has 4 rings (SSSR count). The molecule has 0 radical (unpaired) electrons. The van der Waals surface area contributed by atoms with Crippen molar-refractivity contribution in [2.45, 2.75) is 11.8 Å². The first-order valence-electron chi connectivity index (χ1n) is 9.63. The molecule has 0 amide bonds. The summed E-state index contributed by atoms with van der Waals surface area (Å²) in [7, 11) is -2.37. The molecule has 32 heavy (non-hydrogen) atoms. The molecule has 0 fully saturated rings. The number of aromatic nitrogens is 4. The highest BCUT2D eigenvalue weighted by atomic mass is 32.2. The minimum Gasteiger partial charge on any atom is -0.495 e. The largest absolute Gasteiger partial charge is 0.495 e. The van der Waals surface area contributed by atoms with Crippen LogP contribution < -0.4 is 14.2 Å². The predicted octanol–water partition coefficient (Wildman–Crippen LogP) is 2.60. The Hall–Kier alpha value is -3.57. The Bertz CT molecular complexity index is 1370. The maximum Gasteiger partial charge on any atom is 0.244 e. The lowest BCUT2D eigenvalue weighted by Crippen LogP contribution is -2.28. The topological polar surface area (TPSA) is 108 Å². The molecule has 11 heteroatoms. The van der Waals surface area contributed by atoms with Crippen molar-refractivity contribution in [3.63, 3.8) is 0 Å². The highest BCUT2D eigenvalue weighted by Gasteiger charge is 2.19. The van der Waals surface area contributed by atoms with Crippen LogP contribution in [-0.4, -0.2) is 48.5 Å². The van der Waals surface area contributed by atoms with Crippen molar-refractivity contribution in [1.82, 2.24) is 24.5 Å². The Balaban J connectivity index is 1.45. The van der Waals surface area contributed by atoms with Crippen molar-refractivity contribution < 1.29 is 22.3 Å². The average molecular weight is 457 g/mol. The monoisotopic (exact) mass is 457 g/mol. The number of nitrogens with one attached hydrogen (secondary N) is 1. The molecule has 0 aliphatic carbocycles. The Morgan fingerprint density at radius 1 is 1.09 bits per heavy atom. The number of ether oxygens (including phenoxy) is 2. The number of nitrogens with zero attached hydrogens (tertiary/aromatic N) is 4. The van der Waals surface area contributed by atoms with Crippen molar-refractivity contribution in [2.75, 3.05) is 20.3 Å². The molecule has 0 atom stereocenters. The van der Waals surface area contributed by atoms with Crippen molar-refractivity contribution in [2.24, 2.45) is 0 Å². The molecular weight excluding hydrogens is 437 g/mol. The van der Waals surface area contributed by atoms with Crippen molar-refractivity contribution in [1.29, 1.82) is 0 Å². The molecule has 1 N–H and O–H groups in total. The van der Waals surface area contributed by atoms with E-state index in [9.17, 15) is 12.8 Å². The van der Waals surface area contributed by atoms with E-state index in [2.05, 4.69) is 20.0 Å². The van der Waals surface area contributed by atoms with Crippen LogP contribution in [0.4, 0.5) is 4.39 Å². The summed E-state index contributed by atoms with van der Waals surface area (Å²) in [6.45, 7) is 1.84. The fraction of sp³-hybridized carbons (Fsp3) is 0.190. The minimum absolute atomic E-state index is 0.0120. The van der Waals surface area contributed by atoms with E-state index >= 15 is 0 Å². The predicted molar refractivity (Wildman–Crippen MR) is 115 cm³/mol. The molecule has 9 nitrogen and oxygen atoms in total. The minimum atomic E-state index is -3.79. The second kappa shape index (κ2) is 8.89. The van der Waals surface area contributed by atoms with Gasteiger partial charge in [0.2, 0.25) is 15.9 Å². The molecule has 166 valence electrons. The van der Waals surface area contributed by atoms with Gasteiger partial charge in [-0.05, 0) is 42.8 Å². The first kappa shape index (κ1) is 21.7. The smallest absolute Gasteiger partial charge is 0.244 e. The van der Waals surface area contributed by atoms with E-state index in [1.807, 2.05) is 0 Å². The third-order valence-electron chi connectivity index (χ3n) is 4.57. The molecule has 0 unspecified atom stereocenters. The number of hydrogen-bond donors (Lipinski definition) is 1. The molecule has 0 spiro atoms. The van der Waals surface area contributed by atoms with E-state index in [1.54, 1.807) is 43.3 Å². The number of fused-ring (bicyclic) bond motifs is 1. The number of rotatable bonds is 8. The average Bonchev–Trinajstić information content (AvgIpc) is 3.20. The standard InChI is InChI=1S/C21H20FN5O4S/c1-14-6-7-17(30-2)18(12-14)32(28,29)23-10-11-31-20-9-8-19-24-25-21(27(19)26-20)15-4-3-5-16(22)13-15/h3-9,12-13,23H,10-11H2,1-2H3. The summed E-state index contributed by atoms with van der Waals surface area (Å²) in [5, 5.41) is 12.4. The van der Waals surface area contributed by atoms with Gasteiger partial charge in [-0.3, -0.25) is 0 Å². The van der Waals surface area contributed by atoms with E-state index in [0.717, 1.165) is 5.56 Å². The Kier molecular flexibility index (Phi) is 6.01. The van der Waals surface area contributed by atoms with Crippen LogP contribution in [0.3, 0.4) is 0 Å². The number of halogens is 1. The first-order chi connectivity index (χ1) is 15.4. The summed E-state index contributed by atoms with van der Waals surface area (Å²) >= 11 is 0. The van der Waals surface area contributed by atoms with E-state index in [0.29, 0.717) is 17.0 Å². The number of methoxy groups -OCH3 is 1. The second-order valence-corrected chi connectivity index (χ2v) is 8.61. The SMILES string of the molecule is COc1ccc(C)cc1S(=O)(=O)NCCOc1ccc2nnc(-c3cccc(F)c3)n2n1. The lowest BCUT2D eigenvalue weighted by Gasteiger charge is -2.12. The maximum absolute atomic E-state index is 13.6. The molecule has 0 saturated carbocycles. The summed E-state index contributed by atoms with van der Waals surface area (Å²) in [4.78, 5) is 0.0590. The van der Waals surface area contributed by atoms with Gasteiger partial charge < -0.3 is 9.47 Å². The molecule has 0 aliphatic heterocycles. The molecule has 4 aromatic rings. The molecular formula is C21H20FN5O4S. The second-order valence-electron chi connectivity index (χ2n) is 6.88. The van der Waals surface area contributed by atoms with Crippen molar-refractivity contribution in [3.05, 3.63) is 66.0 Å². The van der Waals surface area contributed by atoms with Gasteiger partial charge in [0.05, 0.1) is 7.11 Å². The van der Waals surface area contributed by atoms with Gasteiger partial charge in [-0.2, -0.15) is 4.52 Å². The molecule has 0 bridgehead atoms. The summed E-state index contributed by atoms with van der Waals surface area (Å²) < 4.78 is 53.5. The quantitative estimate of drug-likeness (QED) is 0.405. The van der Waals surface area contributed by atoms with Gasteiger partial charge in [0.15, 0.2) is 11.5 Å². The van der Waals surface area contributed by atoms with Crippen LogP contribution in [0.1, 0.15) is 5.56 Å². The van der Waals surface area contributed by atoms with E-state index < -0.39 is 15.8 Å². The van der Waals surface area contributed by atoms with Crippen molar-refractivity contribution in [3.8, 4) is 23.0 Å². The Labute approximate surface area is 183 Å². The summed E-state index contributed by atoms with van der Waals surface area (Å²) in [6, 6.07) is 14.1. The molecule has 0 aliphatic rings. The number of hydrogen-bond acceptors (Lipinski definition) is 7. The molecule has 2 heterocycles. The Morgan fingerprint density at radius 3 is 2.72 bits per heavy atom. The van der Waals surface area contributed by atoms with Crippen LogP contribution in [0, 0.1) is 12.7 Å². The van der Waals surface area contributed by atoms with Crippen LogP contribution in [0.5, 0.6) is 11.6 Å². The number of benzene rings is 2. The lowest BCUT2D eigenvalue weighted by atomic mass is 10.2. The zero-order valence-electron chi connectivity index (χ0n) is 17.3. The third kappa shape index (κ3) is 4.53. The summed E-state index contributed by atoms with van der Waals surface area (Å²) in [6.07, 6.45) is 0. The fourth-order valence-electron chi connectivity index (χ4n) is 3.06. The zero-order valence-corrected chi connectivity index (χ0v) is 18.1. The van der Waals surface area contributed by atoms with Crippen LogP contribution in [0.2, 0.25) is 0 Å². The number of aryl methyl sites for hydroxylation is 1. The van der Waals surface area contributed by atoms with Crippen LogP contribution in [0.25, 0.3) is 17.0 Å². The zero-order chi connectivity index (χ0) is 22.7. The fourth-order valence-corrected chi connectivity index (χ4v) is 4.32. The third-order valence-corrected chi connectivity index (χ3v) is 6.06. The van der Waals surface area contributed by atoms with Gasteiger partial charge in [0.25, 0.3) is 0 Å². The van der Waals surface area contributed by atoms with Gasteiger partial charge in [0.1, 0.15) is 23.1 Å².